The number of aromatic amines is 1. The van der Waals surface area contributed by atoms with Gasteiger partial charge in [0.25, 0.3) is 0 Å². The van der Waals surface area contributed by atoms with Crippen molar-refractivity contribution in [2.45, 2.75) is 6.92 Å². The lowest BCUT2D eigenvalue weighted by Gasteiger charge is -1.93. The minimum atomic E-state index is -0.0374. The smallest absolute Gasteiger partial charge is 0.202 e. The monoisotopic (exact) mass is 257 g/mol. The summed E-state index contributed by atoms with van der Waals surface area (Å²) in [5.41, 5.74) is 2.47. The summed E-state index contributed by atoms with van der Waals surface area (Å²) in [6.45, 7) is 1.94. The van der Waals surface area contributed by atoms with Crippen LogP contribution < -0.4 is 0 Å². The number of H-pyrrole nitrogens is 1. The third kappa shape index (κ3) is 1.78. The number of nitrogens with zero attached hydrogens (tertiary/aromatic N) is 2. The maximum atomic E-state index is 11.8. The van der Waals surface area contributed by atoms with Gasteiger partial charge >= 0.3 is 0 Å². The molecule has 0 unspecified atom stereocenters. The Bertz CT molecular complexity index is 719. The van der Waals surface area contributed by atoms with Crippen LogP contribution in [0.3, 0.4) is 0 Å². The van der Waals surface area contributed by atoms with E-state index in [0.717, 1.165) is 16.3 Å². The van der Waals surface area contributed by atoms with Crippen LogP contribution in [0.15, 0.2) is 36.0 Å². The summed E-state index contributed by atoms with van der Waals surface area (Å²) in [7, 11) is 0. The SMILES string of the molecule is Cc1nc2sccn2c1/C=C/C(=O)c1ccc[nH]1. The zero-order chi connectivity index (χ0) is 12.5. The Morgan fingerprint density at radius 2 is 2.44 bits per heavy atom. The molecule has 0 radical (unpaired) electrons. The molecule has 0 aromatic carbocycles. The molecule has 0 spiro atoms. The van der Waals surface area contributed by atoms with Crippen molar-refractivity contribution in [3.63, 3.8) is 0 Å². The van der Waals surface area contributed by atoms with E-state index in [0.29, 0.717) is 5.69 Å². The number of ketones is 1. The van der Waals surface area contributed by atoms with Crippen molar-refractivity contribution in [1.82, 2.24) is 14.4 Å². The van der Waals surface area contributed by atoms with Crippen molar-refractivity contribution >= 4 is 28.2 Å². The molecule has 4 nitrogen and oxygen atoms in total. The normalized spacial score (nSPS) is 11.6. The topological polar surface area (TPSA) is 50.2 Å². The van der Waals surface area contributed by atoms with Gasteiger partial charge in [-0.15, -0.1) is 11.3 Å². The second kappa shape index (κ2) is 4.27. The molecule has 0 aliphatic heterocycles. The van der Waals surface area contributed by atoms with E-state index in [1.54, 1.807) is 29.7 Å². The lowest BCUT2D eigenvalue weighted by molar-refractivity contribution is 0.104. The minimum absolute atomic E-state index is 0.0374. The Morgan fingerprint density at radius 1 is 1.56 bits per heavy atom. The second-order valence-corrected chi connectivity index (χ2v) is 4.79. The molecule has 0 aliphatic rings. The minimum Gasteiger partial charge on any atom is -0.359 e. The number of fused-ring (bicyclic) bond motifs is 1. The predicted molar refractivity (Wildman–Crippen MR) is 72.0 cm³/mol. The van der Waals surface area contributed by atoms with Crippen molar-refractivity contribution in [1.29, 1.82) is 0 Å². The van der Waals surface area contributed by atoms with Crippen LogP contribution in [0, 0.1) is 6.92 Å². The Balaban J connectivity index is 1.94. The first-order valence-electron chi connectivity index (χ1n) is 5.53. The lowest BCUT2D eigenvalue weighted by Crippen LogP contribution is -1.94. The average Bonchev–Trinajstić information content (AvgIpc) is 3.02. The Kier molecular flexibility index (Phi) is 2.60. The molecule has 3 aromatic heterocycles. The number of rotatable bonds is 3. The summed E-state index contributed by atoms with van der Waals surface area (Å²) >= 11 is 1.58. The molecule has 3 aromatic rings. The first-order valence-corrected chi connectivity index (χ1v) is 6.41. The van der Waals surface area contributed by atoms with Crippen LogP contribution in [-0.2, 0) is 0 Å². The zero-order valence-corrected chi connectivity index (χ0v) is 10.6. The Morgan fingerprint density at radius 3 is 3.22 bits per heavy atom. The number of hydrogen-bond acceptors (Lipinski definition) is 3. The summed E-state index contributed by atoms with van der Waals surface area (Å²) in [6, 6.07) is 3.57. The number of aromatic nitrogens is 3. The van der Waals surface area contributed by atoms with E-state index in [2.05, 4.69) is 9.97 Å². The van der Waals surface area contributed by atoms with Crippen molar-refractivity contribution in [3.8, 4) is 0 Å². The molecule has 0 fully saturated rings. The van der Waals surface area contributed by atoms with Gasteiger partial charge in [0.1, 0.15) is 0 Å². The summed E-state index contributed by atoms with van der Waals surface area (Å²) in [5, 5.41) is 1.98. The average molecular weight is 257 g/mol. The molecule has 3 heterocycles. The predicted octanol–water partition coefficient (Wildman–Crippen LogP) is 2.93. The molecule has 0 amide bonds. The molecular formula is C13H11N3OS. The number of allylic oxidation sites excluding steroid dienone is 1. The first-order chi connectivity index (χ1) is 8.75. The molecule has 0 saturated heterocycles. The number of hydrogen-bond donors (Lipinski definition) is 1. The molecule has 3 rings (SSSR count). The van der Waals surface area contributed by atoms with Crippen LogP contribution in [0.1, 0.15) is 21.9 Å². The number of nitrogens with one attached hydrogen (secondary N) is 1. The van der Waals surface area contributed by atoms with Gasteiger partial charge in [0, 0.05) is 17.8 Å². The number of carbonyl (C=O) groups is 1. The molecule has 0 atom stereocenters. The van der Waals surface area contributed by atoms with Crippen molar-refractivity contribution in [3.05, 3.63) is 53.1 Å². The highest BCUT2D eigenvalue weighted by molar-refractivity contribution is 7.15. The fourth-order valence-electron chi connectivity index (χ4n) is 1.84. The third-order valence-electron chi connectivity index (χ3n) is 2.74. The van der Waals surface area contributed by atoms with Gasteiger partial charge in [-0.05, 0) is 31.2 Å². The van der Waals surface area contributed by atoms with Gasteiger partial charge in [0.2, 0.25) is 5.78 Å². The number of carbonyl (C=O) groups excluding carboxylic acids is 1. The van der Waals surface area contributed by atoms with E-state index >= 15 is 0 Å². The van der Waals surface area contributed by atoms with Crippen LogP contribution >= 0.6 is 11.3 Å². The van der Waals surface area contributed by atoms with Crippen molar-refractivity contribution in [2.24, 2.45) is 0 Å². The maximum absolute atomic E-state index is 11.8. The summed E-state index contributed by atoms with van der Waals surface area (Å²) in [4.78, 5) is 20.1. The standard InChI is InChI=1S/C13H11N3OS/c1-9-11(16-7-8-18-13(16)15-9)4-5-12(17)10-3-2-6-14-10/h2-8,14H,1H3/b5-4+. The molecule has 18 heavy (non-hydrogen) atoms. The Hall–Kier alpha value is -2.14. The van der Waals surface area contributed by atoms with Crippen LogP contribution in [0.2, 0.25) is 0 Å². The highest BCUT2D eigenvalue weighted by atomic mass is 32.1. The van der Waals surface area contributed by atoms with Crippen LogP contribution in [0.5, 0.6) is 0 Å². The van der Waals surface area contributed by atoms with E-state index in [4.69, 9.17) is 0 Å². The molecule has 1 N–H and O–H groups in total. The van der Waals surface area contributed by atoms with Crippen LogP contribution in [-0.4, -0.2) is 20.2 Å². The number of aryl methyl sites for hydroxylation is 1. The zero-order valence-electron chi connectivity index (χ0n) is 9.75. The quantitative estimate of drug-likeness (QED) is 0.579. The molecule has 90 valence electrons. The Labute approximate surface area is 108 Å². The molecule has 0 aliphatic carbocycles. The summed E-state index contributed by atoms with van der Waals surface area (Å²) < 4.78 is 1.98. The molecule has 0 bridgehead atoms. The van der Waals surface area contributed by atoms with Crippen molar-refractivity contribution in [2.75, 3.05) is 0 Å². The molecule has 5 heteroatoms. The molecular weight excluding hydrogens is 246 g/mol. The van der Waals surface area contributed by atoms with Crippen LogP contribution in [0.4, 0.5) is 0 Å². The van der Waals surface area contributed by atoms with Gasteiger partial charge in [0.15, 0.2) is 4.96 Å². The van der Waals surface area contributed by atoms with E-state index in [-0.39, 0.29) is 5.78 Å². The summed E-state index contributed by atoms with van der Waals surface area (Å²) in [6.07, 6.45) is 7.08. The van der Waals surface area contributed by atoms with Gasteiger partial charge in [0.05, 0.1) is 17.1 Å². The lowest BCUT2D eigenvalue weighted by atomic mass is 10.2. The van der Waals surface area contributed by atoms with E-state index in [9.17, 15) is 4.79 Å². The van der Waals surface area contributed by atoms with E-state index < -0.39 is 0 Å². The van der Waals surface area contributed by atoms with Gasteiger partial charge < -0.3 is 4.98 Å². The fourth-order valence-corrected chi connectivity index (χ4v) is 2.61. The third-order valence-corrected chi connectivity index (χ3v) is 3.50. The van der Waals surface area contributed by atoms with Crippen LogP contribution in [0.25, 0.3) is 11.0 Å². The largest absolute Gasteiger partial charge is 0.359 e. The van der Waals surface area contributed by atoms with E-state index in [1.807, 2.05) is 35.0 Å². The van der Waals surface area contributed by atoms with Gasteiger partial charge in [-0.25, -0.2) is 4.98 Å². The van der Waals surface area contributed by atoms with Gasteiger partial charge in [-0.1, -0.05) is 0 Å². The fraction of sp³-hybridized carbons (Fsp3) is 0.0769. The summed E-state index contributed by atoms with van der Waals surface area (Å²) in [5.74, 6) is -0.0374. The molecule has 0 saturated carbocycles. The van der Waals surface area contributed by atoms with E-state index in [1.165, 1.54) is 0 Å². The maximum Gasteiger partial charge on any atom is 0.202 e. The number of imidazole rings is 1. The highest BCUT2D eigenvalue weighted by Gasteiger charge is 2.07. The first kappa shape index (κ1) is 11.0. The van der Waals surface area contributed by atoms with Crippen molar-refractivity contribution < 1.29 is 4.79 Å². The van der Waals surface area contributed by atoms with Gasteiger partial charge in [-0.3, -0.25) is 9.20 Å². The van der Waals surface area contributed by atoms with Gasteiger partial charge in [-0.2, -0.15) is 0 Å². The number of thiazole rings is 1. The second-order valence-electron chi connectivity index (χ2n) is 3.92. The highest BCUT2D eigenvalue weighted by Crippen LogP contribution is 2.18.